The molecule has 0 heterocycles. The molecule has 0 aromatic heterocycles. The highest BCUT2D eigenvalue weighted by molar-refractivity contribution is 4.90. The van der Waals surface area contributed by atoms with Gasteiger partial charge in [-0.15, -0.1) is 0 Å². The van der Waals surface area contributed by atoms with Gasteiger partial charge in [0.05, 0.1) is 0 Å². The highest BCUT2D eigenvalue weighted by Crippen LogP contribution is 2.43. The SMILES string of the molecule is CCC1CC(C2CCCCC2)CC(CC)C1N. The van der Waals surface area contributed by atoms with E-state index in [0.29, 0.717) is 6.04 Å². The Balaban J connectivity index is 1.97. The standard InChI is InChI=1S/C16H31N/c1-3-12-10-15(11-13(4-2)16(12)17)14-8-6-5-7-9-14/h12-16H,3-11,17H2,1-2H3. The summed E-state index contributed by atoms with van der Waals surface area (Å²) in [4.78, 5) is 0. The van der Waals surface area contributed by atoms with E-state index in [1.54, 1.807) is 0 Å². The van der Waals surface area contributed by atoms with Gasteiger partial charge in [0.25, 0.3) is 0 Å². The summed E-state index contributed by atoms with van der Waals surface area (Å²) in [5.74, 6) is 3.66. The van der Waals surface area contributed by atoms with Crippen molar-refractivity contribution in [3.63, 3.8) is 0 Å². The second-order valence-corrected chi connectivity index (χ2v) is 6.54. The van der Waals surface area contributed by atoms with E-state index in [1.165, 1.54) is 57.8 Å². The summed E-state index contributed by atoms with van der Waals surface area (Å²) in [7, 11) is 0. The minimum Gasteiger partial charge on any atom is -0.327 e. The molecule has 2 fully saturated rings. The molecule has 0 aliphatic heterocycles. The summed E-state index contributed by atoms with van der Waals surface area (Å²) in [6.07, 6.45) is 12.9. The number of hydrogen-bond acceptors (Lipinski definition) is 1. The molecule has 0 radical (unpaired) electrons. The molecule has 0 aromatic rings. The van der Waals surface area contributed by atoms with Crippen LogP contribution in [-0.4, -0.2) is 6.04 Å². The fourth-order valence-electron chi connectivity index (χ4n) is 4.44. The van der Waals surface area contributed by atoms with Crippen LogP contribution in [0, 0.1) is 23.7 Å². The van der Waals surface area contributed by atoms with Crippen LogP contribution in [0.5, 0.6) is 0 Å². The van der Waals surface area contributed by atoms with Crippen molar-refractivity contribution in [2.24, 2.45) is 29.4 Å². The lowest BCUT2D eigenvalue weighted by molar-refractivity contribution is 0.0952. The van der Waals surface area contributed by atoms with E-state index in [-0.39, 0.29) is 0 Å². The zero-order valence-corrected chi connectivity index (χ0v) is 11.8. The van der Waals surface area contributed by atoms with E-state index in [4.69, 9.17) is 5.73 Å². The molecule has 0 amide bonds. The van der Waals surface area contributed by atoms with E-state index >= 15 is 0 Å². The van der Waals surface area contributed by atoms with Crippen LogP contribution in [0.25, 0.3) is 0 Å². The molecule has 2 N–H and O–H groups in total. The van der Waals surface area contributed by atoms with E-state index in [0.717, 1.165) is 23.7 Å². The van der Waals surface area contributed by atoms with Gasteiger partial charge in [-0.1, -0.05) is 58.8 Å². The minimum atomic E-state index is 0.491. The second kappa shape index (κ2) is 6.22. The summed E-state index contributed by atoms with van der Waals surface area (Å²) in [5.41, 5.74) is 6.44. The third-order valence-corrected chi connectivity index (χ3v) is 5.66. The van der Waals surface area contributed by atoms with Gasteiger partial charge in [0.15, 0.2) is 0 Å². The van der Waals surface area contributed by atoms with Gasteiger partial charge in [0.2, 0.25) is 0 Å². The summed E-state index contributed by atoms with van der Waals surface area (Å²) in [5, 5.41) is 0. The van der Waals surface area contributed by atoms with Crippen LogP contribution in [0.15, 0.2) is 0 Å². The molecule has 2 rings (SSSR count). The predicted molar refractivity (Wildman–Crippen MR) is 74.8 cm³/mol. The third kappa shape index (κ3) is 3.05. The largest absolute Gasteiger partial charge is 0.327 e. The van der Waals surface area contributed by atoms with Crippen LogP contribution in [0.2, 0.25) is 0 Å². The van der Waals surface area contributed by atoms with Crippen LogP contribution in [0.3, 0.4) is 0 Å². The van der Waals surface area contributed by atoms with Gasteiger partial charge in [0, 0.05) is 6.04 Å². The molecule has 2 unspecified atom stereocenters. The topological polar surface area (TPSA) is 26.0 Å². The zero-order valence-electron chi connectivity index (χ0n) is 11.8. The van der Waals surface area contributed by atoms with Gasteiger partial charge in [-0.25, -0.2) is 0 Å². The number of nitrogens with two attached hydrogens (primary N) is 1. The molecule has 0 spiro atoms. The Bertz CT molecular complexity index is 206. The van der Waals surface area contributed by atoms with Crippen molar-refractivity contribution >= 4 is 0 Å². The molecule has 1 heteroatoms. The molecule has 0 aromatic carbocycles. The van der Waals surface area contributed by atoms with E-state index in [2.05, 4.69) is 13.8 Å². The lowest BCUT2D eigenvalue weighted by Crippen LogP contribution is -2.44. The monoisotopic (exact) mass is 237 g/mol. The predicted octanol–water partition coefficient (Wildman–Crippen LogP) is 4.36. The highest BCUT2D eigenvalue weighted by Gasteiger charge is 2.37. The first-order valence-corrected chi connectivity index (χ1v) is 8.01. The Kier molecular flexibility index (Phi) is 4.90. The molecular weight excluding hydrogens is 206 g/mol. The maximum absolute atomic E-state index is 6.44. The second-order valence-electron chi connectivity index (χ2n) is 6.54. The summed E-state index contributed by atoms with van der Waals surface area (Å²) in [6, 6.07) is 0.491. The van der Waals surface area contributed by atoms with E-state index < -0.39 is 0 Å². The van der Waals surface area contributed by atoms with Crippen LogP contribution in [-0.2, 0) is 0 Å². The van der Waals surface area contributed by atoms with Gasteiger partial charge < -0.3 is 5.73 Å². The molecule has 0 saturated heterocycles. The fourth-order valence-corrected chi connectivity index (χ4v) is 4.44. The first kappa shape index (κ1) is 13.4. The van der Waals surface area contributed by atoms with Crippen molar-refractivity contribution in [3.8, 4) is 0 Å². The highest BCUT2D eigenvalue weighted by atomic mass is 14.7. The zero-order chi connectivity index (χ0) is 12.3. The van der Waals surface area contributed by atoms with E-state index in [9.17, 15) is 0 Å². The molecule has 100 valence electrons. The Morgan fingerprint density at radius 1 is 0.824 bits per heavy atom. The maximum Gasteiger partial charge on any atom is 0.00956 e. The van der Waals surface area contributed by atoms with Gasteiger partial charge in [-0.3, -0.25) is 0 Å². The van der Waals surface area contributed by atoms with Crippen LogP contribution >= 0.6 is 0 Å². The molecular formula is C16H31N. The first-order chi connectivity index (χ1) is 8.26. The number of rotatable bonds is 3. The molecule has 2 aliphatic carbocycles. The average molecular weight is 237 g/mol. The average Bonchev–Trinajstić information content (AvgIpc) is 2.40. The van der Waals surface area contributed by atoms with Gasteiger partial charge in [0.1, 0.15) is 0 Å². The number of hydrogen-bond donors (Lipinski definition) is 1. The van der Waals surface area contributed by atoms with Gasteiger partial charge >= 0.3 is 0 Å². The van der Waals surface area contributed by atoms with Crippen LogP contribution in [0.4, 0.5) is 0 Å². The summed E-state index contributed by atoms with van der Waals surface area (Å²) in [6.45, 7) is 4.67. The first-order valence-electron chi connectivity index (χ1n) is 8.01. The van der Waals surface area contributed by atoms with Gasteiger partial charge in [-0.2, -0.15) is 0 Å². The Morgan fingerprint density at radius 3 is 1.82 bits per heavy atom. The summed E-state index contributed by atoms with van der Waals surface area (Å²) < 4.78 is 0. The lowest BCUT2D eigenvalue weighted by atomic mass is 9.64. The smallest absolute Gasteiger partial charge is 0.00956 e. The maximum atomic E-state index is 6.44. The Hall–Kier alpha value is -0.0400. The van der Waals surface area contributed by atoms with Crippen molar-refractivity contribution in [1.29, 1.82) is 0 Å². The van der Waals surface area contributed by atoms with Crippen molar-refractivity contribution in [3.05, 3.63) is 0 Å². The molecule has 2 atom stereocenters. The lowest BCUT2D eigenvalue weighted by Gasteiger charge is -2.43. The normalized spacial score (nSPS) is 40.4. The Labute approximate surface area is 108 Å². The third-order valence-electron chi connectivity index (χ3n) is 5.66. The molecule has 0 bridgehead atoms. The minimum absolute atomic E-state index is 0.491. The molecule has 2 saturated carbocycles. The molecule has 2 aliphatic rings. The van der Waals surface area contributed by atoms with Crippen LogP contribution < -0.4 is 5.73 Å². The van der Waals surface area contributed by atoms with E-state index in [1.807, 2.05) is 0 Å². The van der Waals surface area contributed by atoms with Gasteiger partial charge in [-0.05, 0) is 36.5 Å². The molecule has 17 heavy (non-hydrogen) atoms. The fraction of sp³-hybridized carbons (Fsp3) is 1.00. The van der Waals surface area contributed by atoms with Crippen molar-refractivity contribution < 1.29 is 0 Å². The van der Waals surface area contributed by atoms with Crippen molar-refractivity contribution in [2.45, 2.75) is 77.7 Å². The van der Waals surface area contributed by atoms with Crippen molar-refractivity contribution in [1.82, 2.24) is 0 Å². The summed E-state index contributed by atoms with van der Waals surface area (Å²) >= 11 is 0. The molecule has 1 nitrogen and oxygen atoms in total. The van der Waals surface area contributed by atoms with Crippen LogP contribution in [0.1, 0.15) is 71.6 Å². The Morgan fingerprint density at radius 2 is 1.35 bits per heavy atom. The van der Waals surface area contributed by atoms with Crippen molar-refractivity contribution in [2.75, 3.05) is 0 Å². The quantitative estimate of drug-likeness (QED) is 0.775.